The molecule has 4 heterocycles. The number of pyridine rings is 1. The topological polar surface area (TPSA) is 78.8 Å². The molecule has 36 heavy (non-hydrogen) atoms. The quantitative estimate of drug-likeness (QED) is 0.489. The van der Waals surface area contributed by atoms with E-state index in [4.69, 9.17) is 4.74 Å². The van der Waals surface area contributed by atoms with Gasteiger partial charge in [-0.15, -0.1) is 0 Å². The molecular weight excluding hydrogens is 457 g/mol. The van der Waals surface area contributed by atoms with E-state index in [-0.39, 0.29) is 6.54 Å². The predicted octanol–water partition coefficient (Wildman–Crippen LogP) is 4.51. The van der Waals surface area contributed by atoms with Gasteiger partial charge >= 0.3 is 0 Å². The van der Waals surface area contributed by atoms with Crippen LogP contribution in [0.3, 0.4) is 0 Å². The summed E-state index contributed by atoms with van der Waals surface area (Å²) in [5.74, 6) is 0.356. The first-order valence-electron chi connectivity index (χ1n) is 12.6. The fourth-order valence-corrected chi connectivity index (χ4v) is 4.58. The number of rotatable bonds is 7. The van der Waals surface area contributed by atoms with Crippen LogP contribution in [0, 0.1) is 12.7 Å². The second-order valence-corrected chi connectivity index (χ2v) is 9.23. The molecule has 5 rings (SSSR count). The van der Waals surface area contributed by atoms with Crippen molar-refractivity contribution in [2.75, 3.05) is 54.5 Å². The maximum atomic E-state index is 14.2. The number of aryl methyl sites for hydroxylation is 1. The fourth-order valence-electron chi connectivity index (χ4n) is 4.58. The number of anilines is 4. The molecule has 188 valence electrons. The Morgan fingerprint density at radius 1 is 0.972 bits per heavy atom. The Balaban J connectivity index is 1.20. The van der Waals surface area contributed by atoms with Crippen LogP contribution in [0.15, 0.2) is 47.7 Å². The molecule has 0 amide bonds. The van der Waals surface area contributed by atoms with Gasteiger partial charge in [-0.05, 0) is 62.1 Å². The van der Waals surface area contributed by atoms with E-state index >= 15 is 0 Å². The lowest BCUT2D eigenvalue weighted by Crippen LogP contribution is -2.37. The van der Waals surface area contributed by atoms with Crippen LogP contribution in [0.4, 0.5) is 27.3 Å². The normalized spacial score (nSPS) is 16.5. The molecule has 3 aromatic rings. The molecule has 0 radical (unpaired) electrons. The van der Waals surface area contributed by atoms with E-state index in [2.05, 4.69) is 55.3 Å². The summed E-state index contributed by atoms with van der Waals surface area (Å²) in [5.41, 5.74) is 5.21. The van der Waals surface area contributed by atoms with Crippen LogP contribution in [0.25, 0.3) is 0 Å². The van der Waals surface area contributed by atoms with Crippen molar-refractivity contribution in [3.63, 3.8) is 0 Å². The van der Waals surface area contributed by atoms with Gasteiger partial charge in [0.1, 0.15) is 0 Å². The highest BCUT2D eigenvalue weighted by molar-refractivity contribution is 5.77. The summed E-state index contributed by atoms with van der Waals surface area (Å²) in [4.78, 5) is 21.7. The molecule has 2 saturated heterocycles. The minimum absolute atomic E-state index is 0.252. The van der Waals surface area contributed by atoms with Crippen molar-refractivity contribution in [2.24, 2.45) is 4.99 Å². The molecule has 8 nitrogen and oxygen atoms in total. The highest BCUT2D eigenvalue weighted by Crippen LogP contribution is 2.27. The molecule has 2 aliphatic rings. The number of benzene rings is 1. The maximum absolute atomic E-state index is 14.2. The summed E-state index contributed by atoms with van der Waals surface area (Å²) in [6.45, 7) is 6.99. The molecule has 2 fully saturated rings. The van der Waals surface area contributed by atoms with Gasteiger partial charge in [0.2, 0.25) is 0 Å². The van der Waals surface area contributed by atoms with Crippen LogP contribution in [-0.2, 0) is 11.3 Å². The highest BCUT2D eigenvalue weighted by Gasteiger charge is 2.17. The lowest BCUT2D eigenvalue weighted by atomic mass is 10.1. The number of piperidine rings is 1. The second kappa shape index (κ2) is 11.4. The third-order valence-electron chi connectivity index (χ3n) is 6.40. The Hall–Kier alpha value is -3.59. The average Bonchev–Trinajstić information content (AvgIpc) is 2.91. The molecule has 2 aliphatic heterocycles. The van der Waals surface area contributed by atoms with Crippen molar-refractivity contribution in [3.8, 4) is 0 Å². The smallest absolute Gasteiger partial charge is 0.183 e. The molecule has 0 saturated carbocycles. The van der Waals surface area contributed by atoms with Crippen molar-refractivity contribution >= 4 is 29.1 Å². The number of nitrogens with zero attached hydrogens (tertiary/aromatic N) is 6. The van der Waals surface area contributed by atoms with Crippen LogP contribution >= 0.6 is 0 Å². The number of hydrogen-bond donors (Lipinski definition) is 1. The van der Waals surface area contributed by atoms with Crippen LogP contribution in [0.1, 0.15) is 36.3 Å². The number of hydrogen-bond acceptors (Lipinski definition) is 8. The Morgan fingerprint density at radius 3 is 2.58 bits per heavy atom. The molecule has 0 bridgehead atoms. The highest BCUT2D eigenvalue weighted by atomic mass is 19.1. The van der Waals surface area contributed by atoms with Gasteiger partial charge in [0, 0.05) is 43.8 Å². The van der Waals surface area contributed by atoms with Crippen molar-refractivity contribution in [3.05, 3.63) is 65.6 Å². The standard InChI is InChI=1S/C27H32FN7O/c1-20-13-23(15-24(14-20)34-7-3-2-4-8-34)32-22-6-5-21(30-17-22)16-29-19-26-31-18-25(28)27(33-26)35-9-11-36-12-10-35/h5-6,13-18,32H,2-4,7-12,19H2,1H3. The van der Waals surface area contributed by atoms with E-state index in [1.807, 2.05) is 17.0 Å². The molecular formula is C27H32FN7O. The van der Waals surface area contributed by atoms with Crippen molar-refractivity contribution in [2.45, 2.75) is 32.7 Å². The largest absolute Gasteiger partial charge is 0.378 e. The zero-order valence-electron chi connectivity index (χ0n) is 20.7. The first kappa shape index (κ1) is 24.1. The van der Waals surface area contributed by atoms with Gasteiger partial charge in [-0.3, -0.25) is 9.98 Å². The molecule has 0 aliphatic carbocycles. The first-order valence-corrected chi connectivity index (χ1v) is 12.6. The number of aliphatic imine (C=N–C) groups is 1. The molecule has 1 N–H and O–H groups in total. The number of aromatic nitrogens is 3. The first-order chi connectivity index (χ1) is 17.6. The SMILES string of the molecule is Cc1cc(Nc2ccc(C=NCc3ncc(F)c(N4CCOCC4)n3)nc2)cc(N2CCCCC2)c1. The third-order valence-corrected chi connectivity index (χ3v) is 6.40. The molecule has 9 heteroatoms. The zero-order valence-corrected chi connectivity index (χ0v) is 20.7. The van der Waals surface area contributed by atoms with E-state index in [0.29, 0.717) is 37.9 Å². The molecule has 2 aromatic heterocycles. The third kappa shape index (κ3) is 6.15. The summed E-state index contributed by atoms with van der Waals surface area (Å²) in [5, 5.41) is 3.47. The van der Waals surface area contributed by atoms with Gasteiger partial charge in [0.05, 0.1) is 43.5 Å². The predicted molar refractivity (Wildman–Crippen MR) is 141 cm³/mol. The van der Waals surface area contributed by atoms with E-state index in [1.165, 1.54) is 36.7 Å². The van der Waals surface area contributed by atoms with Gasteiger partial charge in [-0.1, -0.05) is 0 Å². The molecule has 0 spiro atoms. The Bertz CT molecular complexity index is 1190. The molecule has 0 unspecified atom stereocenters. The lowest BCUT2D eigenvalue weighted by molar-refractivity contribution is 0.122. The van der Waals surface area contributed by atoms with E-state index in [1.54, 1.807) is 12.4 Å². The molecule has 0 atom stereocenters. The van der Waals surface area contributed by atoms with E-state index < -0.39 is 5.82 Å². The van der Waals surface area contributed by atoms with Crippen LogP contribution < -0.4 is 15.1 Å². The number of nitrogens with one attached hydrogen (secondary N) is 1. The van der Waals surface area contributed by atoms with Crippen molar-refractivity contribution in [1.82, 2.24) is 15.0 Å². The van der Waals surface area contributed by atoms with Gasteiger partial charge in [-0.2, -0.15) is 0 Å². The number of ether oxygens (including phenoxy) is 1. The summed E-state index contributed by atoms with van der Waals surface area (Å²) >= 11 is 0. The lowest BCUT2D eigenvalue weighted by Gasteiger charge is -2.29. The minimum Gasteiger partial charge on any atom is -0.378 e. The van der Waals surface area contributed by atoms with Gasteiger partial charge in [-0.25, -0.2) is 14.4 Å². The van der Waals surface area contributed by atoms with Crippen LogP contribution in [0.2, 0.25) is 0 Å². The van der Waals surface area contributed by atoms with Crippen LogP contribution in [-0.4, -0.2) is 60.6 Å². The minimum atomic E-state index is -0.425. The van der Waals surface area contributed by atoms with E-state index in [0.717, 1.165) is 30.2 Å². The Kier molecular flexibility index (Phi) is 7.66. The summed E-state index contributed by atoms with van der Waals surface area (Å²) in [7, 11) is 0. The Morgan fingerprint density at radius 2 is 1.81 bits per heavy atom. The average molecular weight is 490 g/mol. The van der Waals surface area contributed by atoms with Gasteiger partial charge in [0.15, 0.2) is 17.5 Å². The van der Waals surface area contributed by atoms with Crippen molar-refractivity contribution in [1.29, 1.82) is 0 Å². The zero-order chi connectivity index (χ0) is 24.7. The van der Waals surface area contributed by atoms with Gasteiger partial charge < -0.3 is 19.9 Å². The summed E-state index contributed by atoms with van der Waals surface area (Å²) < 4.78 is 19.5. The summed E-state index contributed by atoms with van der Waals surface area (Å²) in [6, 6.07) is 10.5. The maximum Gasteiger partial charge on any atom is 0.183 e. The van der Waals surface area contributed by atoms with E-state index in [9.17, 15) is 4.39 Å². The Labute approximate surface area is 211 Å². The monoisotopic (exact) mass is 489 g/mol. The molecule has 1 aromatic carbocycles. The van der Waals surface area contributed by atoms with Gasteiger partial charge in [0.25, 0.3) is 0 Å². The number of halogens is 1. The second-order valence-electron chi connectivity index (χ2n) is 9.23. The van der Waals surface area contributed by atoms with Crippen LogP contribution in [0.5, 0.6) is 0 Å². The number of morpholine rings is 1. The fraction of sp³-hybridized carbons (Fsp3) is 0.407. The van der Waals surface area contributed by atoms with Crippen molar-refractivity contribution < 1.29 is 9.13 Å². The summed E-state index contributed by atoms with van der Waals surface area (Å²) in [6.07, 6.45) is 8.53.